The number of fused-ring (bicyclic) bond motifs is 3. The molecule has 2 aliphatic rings. The predicted molar refractivity (Wildman–Crippen MR) is 148 cm³/mol. The van der Waals surface area contributed by atoms with Gasteiger partial charge in [0.2, 0.25) is 0 Å². The van der Waals surface area contributed by atoms with Gasteiger partial charge in [-0.3, -0.25) is 0 Å². The summed E-state index contributed by atoms with van der Waals surface area (Å²) in [5.41, 5.74) is 6.48. The maximum absolute atomic E-state index is 11.3. The van der Waals surface area contributed by atoms with E-state index in [1.807, 2.05) is 17.8 Å². The number of benzene rings is 3. The summed E-state index contributed by atoms with van der Waals surface area (Å²) in [5.74, 6) is 0.313. The van der Waals surface area contributed by atoms with Gasteiger partial charge in [0.05, 0.1) is 0 Å². The van der Waals surface area contributed by atoms with Crippen LogP contribution < -0.4 is 4.90 Å². The van der Waals surface area contributed by atoms with Crippen molar-refractivity contribution in [3.8, 4) is 6.07 Å². The van der Waals surface area contributed by atoms with Crippen molar-refractivity contribution in [3.63, 3.8) is 0 Å². The fraction of sp³-hybridized carbons (Fsp3) is 0.226. The fourth-order valence-corrected chi connectivity index (χ4v) is 6.05. The Balaban J connectivity index is 1.38. The Hall–Kier alpha value is -3.75. The summed E-state index contributed by atoms with van der Waals surface area (Å²) in [5, 5.41) is 18.4. The first-order chi connectivity index (χ1) is 17.6. The van der Waals surface area contributed by atoms with Crippen LogP contribution in [0.5, 0.6) is 0 Å². The third-order valence-electron chi connectivity index (χ3n) is 7.01. The maximum Gasteiger partial charge on any atom is 0.346 e. The van der Waals surface area contributed by atoms with E-state index < -0.39 is 5.97 Å². The molecule has 2 atom stereocenters. The Morgan fingerprint density at radius 1 is 1.03 bits per heavy atom. The first-order valence-corrected chi connectivity index (χ1v) is 13.3. The number of anilines is 2. The molecule has 180 valence electrons. The van der Waals surface area contributed by atoms with Gasteiger partial charge in [-0.25, -0.2) is 4.79 Å². The average Bonchev–Trinajstić information content (AvgIpc) is 3.48. The van der Waals surface area contributed by atoms with Crippen LogP contribution in [0.1, 0.15) is 54.4 Å². The minimum absolute atomic E-state index is 0.243. The van der Waals surface area contributed by atoms with Gasteiger partial charge in [-0.05, 0) is 83.3 Å². The minimum atomic E-state index is -1.19. The summed E-state index contributed by atoms with van der Waals surface area (Å²) in [6.45, 7) is 2.16. The Kier molecular flexibility index (Phi) is 6.97. The molecule has 0 radical (unpaired) electrons. The third kappa shape index (κ3) is 4.82. The molecule has 0 bridgehead atoms. The normalized spacial score (nSPS) is 18.8. The lowest BCUT2D eigenvalue weighted by Crippen LogP contribution is -2.26. The zero-order valence-corrected chi connectivity index (χ0v) is 21.0. The number of rotatable bonds is 7. The van der Waals surface area contributed by atoms with Gasteiger partial charge in [0.15, 0.2) is 0 Å². The molecule has 1 aliphatic carbocycles. The smallest absolute Gasteiger partial charge is 0.346 e. The summed E-state index contributed by atoms with van der Waals surface area (Å²) in [7, 11) is 0. The first-order valence-electron chi connectivity index (χ1n) is 12.4. The van der Waals surface area contributed by atoms with Gasteiger partial charge in [-0.15, -0.1) is 11.8 Å². The lowest BCUT2D eigenvalue weighted by Gasteiger charge is -2.27. The quantitative estimate of drug-likeness (QED) is 0.158. The largest absolute Gasteiger partial charge is 0.477 e. The van der Waals surface area contributed by atoms with Gasteiger partial charge in [-0.2, -0.15) is 5.26 Å². The molecule has 1 aliphatic heterocycles. The Morgan fingerprint density at radius 2 is 1.69 bits per heavy atom. The number of carboxylic acid groups (broad SMARTS) is 1. The lowest BCUT2D eigenvalue weighted by atomic mass is 9.95. The fourth-order valence-electron chi connectivity index (χ4n) is 5.39. The van der Waals surface area contributed by atoms with E-state index in [4.69, 9.17) is 5.26 Å². The number of nitriles is 1. The molecule has 5 heteroatoms. The standard InChI is InChI=1S/C31H28N2O2S/c1-2-36-26-15-10-22(11-16-26)7-6-21-8-13-25(14-9-21)33-29-5-3-4-27(29)28-19-23(12-17-30(28)33)18-24(20-32)31(34)35/h6-19,27,29H,2-5H2,1H3,(H,34,35)/b7-6?,24-18+. The summed E-state index contributed by atoms with van der Waals surface area (Å²) in [6, 6.07) is 25.6. The van der Waals surface area contributed by atoms with Crippen molar-refractivity contribution in [2.75, 3.05) is 10.7 Å². The second-order valence-corrected chi connectivity index (χ2v) is 10.5. The van der Waals surface area contributed by atoms with Crippen LogP contribution in [-0.4, -0.2) is 22.9 Å². The number of carbonyl (C=O) groups is 1. The summed E-state index contributed by atoms with van der Waals surface area (Å²) < 4.78 is 0. The summed E-state index contributed by atoms with van der Waals surface area (Å²) in [4.78, 5) is 15.0. The monoisotopic (exact) mass is 492 g/mol. The van der Waals surface area contributed by atoms with Crippen LogP contribution in [-0.2, 0) is 4.79 Å². The van der Waals surface area contributed by atoms with E-state index in [1.165, 1.54) is 39.9 Å². The highest BCUT2D eigenvalue weighted by atomic mass is 32.2. The zero-order valence-electron chi connectivity index (χ0n) is 20.2. The van der Waals surface area contributed by atoms with Gasteiger partial charge >= 0.3 is 5.97 Å². The number of aliphatic carboxylic acids is 1. The number of carboxylic acids is 1. The molecule has 0 saturated heterocycles. The molecular weight excluding hydrogens is 464 g/mol. The molecule has 1 saturated carbocycles. The van der Waals surface area contributed by atoms with Crippen LogP contribution in [0.15, 0.2) is 77.2 Å². The van der Waals surface area contributed by atoms with Crippen LogP contribution in [0.3, 0.4) is 0 Å². The Bertz CT molecular complexity index is 1370. The topological polar surface area (TPSA) is 64.3 Å². The van der Waals surface area contributed by atoms with E-state index in [2.05, 4.69) is 84.6 Å². The van der Waals surface area contributed by atoms with E-state index in [-0.39, 0.29) is 5.57 Å². The molecule has 2 unspecified atom stereocenters. The number of thioether (sulfide) groups is 1. The molecule has 1 N–H and O–H groups in total. The molecule has 0 aromatic heterocycles. The van der Waals surface area contributed by atoms with Gasteiger partial charge < -0.3 is 10.0 Å². The van der Waals surface area contributed by atoms with E-state index >= 15 is 0 Å². The van der Waals surface area contributed by atoms with Crippen molar-refractivity contribution < 1.29 is 9.90 Å². The number of nitrogens with zero attached hydrogens (tertiary/aromatic N) is 2. The Labute approximate surface area is 216 Å². The van der Waals surface area contributed by atoms with Crippen LogP contribution in [0, 0.1) is 11.3 Å². The van der Waals surface area contributed by atoms with Gasteiger partial charge in [0.1, 0.15) is 11.6 Å². The predicted octanol–water partition coefficient (Wildman–Crippen LogP) is 7.75. The van der Waals surface area contributed by atoms with Gasteiger partial charge in [0, 0.05) is 28.2 Å². The van der Waals surface area contributed by atoms with Crippen LogP contribution in [0.4, 0.5) is 11.4 Å². The summed E-state index contributed by atoms with van der Waals surface area (Å²) >= 11 is 1.85. The van der Waals surface area contributed by atoms with Crippen LogP contribution in [0.2, 0.25) is 0 Å². The SMILES string of the molecule is CCSc1ccc(C=Cc2ccc(N3c4ccc(/C=C(\C#N)C(=O)O)cc4C4CCCC43)cc2)cc1. The van der Waals surface area contributed by atoms with Crippen LogP contribution in [0.25, 0.3) is 18.2 Å². The van der Waals surface area contributed by atoms with Crippen molar-refractivity contribution >= 4 is 47.3 Å². The van der Waals surface area contributed by atoms with Crippen LogP contribution >= 0.6 is 11.8 Å². The maximum atomic E-state index is 11.3. The highest BCUT2D eigenvalue weighted by Crippen LogP contribution is 2.52. The highest BCUT2D eigenvalue weighted by molar-refractivity contribution is 7.99. The summed E-state index contributed by atoms with van der Waals surface area (Å²) in [6.07, 6.45) is 9.21. The van der Waals surface area contributed by atoms with Crippen molar-refractivity contribution in [1.82, 2.24) is 0 Å². The molecule has 5 rings (SSSR count). The van der Waals surface area contributed by atoms with E-state index in [0.717, 1.165) is 29.7 Å². The lowest BCUT2D eigenvalue weighted by molar-refractivity contribution is -0.132. The molecular formula is C31H28N2O2S. The molecule has 1 heterocycles. The van der Waals surface area contributed by atoms with E-state index in [9.17, 15) is 9.90 Å². The highest BCUT2D eigenvalue weighted by Gasteiger charge is 2.42. The second-order valence-electron chi connectivity index (χ2n) is 9.19. The molecule has 0 amide bonds. The van der Waals surface area contributed by atoms with Crippen molar-refractivity contribution in [2.24, 2.45) is 0 Å². The van der Waals surface area contributed by atoms with Gasteiger partial charge in [-0.1, -0.05) is 55.8 Å². The molecule has 4 nitrogen and oxygen atoms in total. The van der Waals surface area contributed by atoms with E-state index in [0.29, 0.717) is 12.0 Å². The molecule has 3 aromatic carbocycles. The molecule has 1 fully saturated rings. The molecule has 3 aromatic rings. The third-order valence-corrected chi connectivity index (χ3v) is 7.91. The van der Waals surface area contributed by atoms with Crippen molar-refractivity contribution in [3.05, 3.63) is 94.6 Å². The first kappa shape index (κ1) is 24.0. The Morgan fingerprint density at radius 3 is 2.33 bits per heavy atom. The average molecular weight is 493 g/mol. The van der Waals surface area contributed by atoms with Crippen molar-refractivity contribution in [1.29, 1.82) is 5.26 Å². The number of hydrogen-bond acceptors (Lipinski definition) is 4. The van der Waals surface area contributed by atoms with Gasteiger partial charge in [0.25, 0.3) is 0 Å². The second kappa shape index (κ2) is 10.5. The molecule has 36 heavy (non-hydrogen) atoms. The van der Waals surface area contributed by atoms with Crippen molar-refractivity contribution in [2.45, 2.75) is 43.0 Å². The zero-order chi connectivity index (χ0) is 25.1. The minimum Gasteiger partial charge on any atom is -0.477 e. The molecule has 0 spiro atoms. The van der Waals surface area contributed by atoms with E-state index in [1.54, 1.807) is 6.07 Å². The number of hydrogen-bond donors (Lipinski definition) is 1.